The summed E-state index contributed by atoms with van der Waals surface area (Å²) in [7, 11) is 0. The van der Waals surface area contributed by atoms with Gasteiger partial charge in [-0.25, -0.2) is 0 Å². The maximum Gasteiger partial charge on any atom is 0.261 e. The van der Waals surface area contributed by atoms with Gasteiger partial charge in [0, 0.05) is 21.3 Å². The van der Waals surface area contributed by atoms with Crippen LogP contribution in [0.15, 0.2) is 50.9 Å². The van der Waals surface area contributed by atoms with E-state index < -0.39 is 6.10 Å². The summed E-state index contributed by atoms with van der Waals surface area (Å²) in [5.41, 5.74) is 0. The molecule has 0 aliphatic heterocycles. The van der Waals surface area contributed by atoms with Crippen LogP contribution in [-0.2, 0) is 0 Å². The van der Waals surface area contributed by atoms with Crippen molar-refractivity contribution in [3.05, 3.63) is 56.2 Å². The van der Waals surface area contributed by atoms with Crippen molar-refractivity contribution in [2.24, 2.45) is 0 Å². The van der Waals surface area contributed by atoms with Crippen LogP contribution in [0.5, 0.6) is 0 Å². The lowest BCUT2D eigenvalue weighted by Gasteiger charge is -2.09. The lowest BCUT2D eigenvalue weighted by molar-refractivity contribution is 0.0922. The molecule has 2 N–H and O–H groups in total. The second-order valence-electron chi connectivity index (χ2n) is 4.53. The largest absolute Gasteiger partial charge is 0.464 e. The van der Waals surface area contributed by atoms with Crippen LogP contribution in [0.1, 0.15) is 20.7 Å². The topological polar surface area (TPSA) is 62.5 Å². The second-order valence-corrected chi connectivity index (χ2v) is 7.48. The zero-order valence-electron chi connectivity index (χ0n) is 11.3. The van der Waals surface area contributed by atoms with E-state index in [4.69, 9.17) is 4.42 Å². The molecule has 0 spiro atoms. The third kappa shape index (κ3) is 3.49. The summed E-state index contributed by atoms with van der Waals surface area (Å²) >= 11 is 6.12. The summed E-state index contributed by atoms with van der Waals surface area (Å²) in [6.07, 6.45) is 0.880. The van der Waals surface area contributed by atoms with E-state index in [-0.39, 0.29) is 12.5 Å². The Morgan fingerprint density at radius 3 is 2.95 bits per heavy atom. The molecule has 0 aliphatic rings. The van der Waals surface area contributed by atoms with Gasteiger partial charge in [0.15, 0.2) is 0 Å². The van der Waals surface area contributed by atoms with Gasteiger partial charge in [-0.2, -0.15) is 0 Å². The van der Waals surface area contributed by atoms with Gasteiger partial charge < -0.3 is 14.8 Å². The van der Waals surface area contributed by atoms with Gasteiger partial charge in [0.05, 0.1) is 16.0 Å². The van der Waals surface area contributed by atoms with E-state index in [9.17, 15) is 9.90 Å². The number of furan rings is 1. The minimum Gasteiger partial charge on any atom is -0.464 e. The Kier molecular flexibility index (Phi) is 4.77. The molecule has 0 aliphatic carbocycles. The monoisotopic (exact) mass is 397 g/mol. The van der Waals surface area contributed by atoms with Gasteiger partial charge >= 0.3 is 0 Å². The number of carbonyl (C=O) groups is 1. The van der Waals surface area contributed by atoms with Gasteiger partial charge in [0.1, 0.15) is 11.9 Å². The van der Waals surface area contributed by atoms with Crippen molar-refractivity contribution in [3.63, 3.8) is 0 Å². The average molecular weight is 398 g/mol. The number of halogens is 1. The van der Waals surface area contributed by atoms with Gasteiger partial charge in [0.2, 0.25) is 0 Å². The van der Waals surface area contributed by atoms with Crippen LogP contribution in [-0.4, -0.2) is 17.6 Å². The van der Waals surface area contributed by atoms with Gasteiger partial charge in [-0.15, -0.1) is 22.7 Å². The summed E-state index contributed by atoms with van der Waals surface area (Å²) in [5.74, 6) is 0.591. The number of carbonyl (C=O) groups excluding carboxylic acids is 1. The number of hydrogen-bond donors (Lipinski definition) is 2. The predicted octanol–water partition coefficient (Wildman–Crippen LogP) is 4.30. The van der Waals surface area contributed by atoms with E-state index in [1.807, 2.05) is 29.6 Å². The average Bonchev–Trinajstić information content (AvgIpc) is 3.23. The zero-order valence-corrected chi connectivity index (χ0v) is 14.5. The van der Waals surface area contributed by atoms with Crippen LogP contribution in [0.25, 0.3) is 10.6 Å². The number of aliphatic hydroxyl groups is 1. The molecule has 114 valence electrons. The minimum absolute atomic E-state index is 0.173. The van der Waals surface area contributed by atoms with Crippen molar-refractivity contribution in [2.45, 2.75) is 6.10 Å². The fourth-order valence-corrected chi connectivity index (χ4v) is 4.20. The molecule has 1 amide bonds. The minimum atomic E-state index is -0.735. The van der Waals surface area contributed by atoms with E-state index in [0.717, 1.165) is 20.0 Å². The number of aliphatic hydroxyl groups excluding tert-OH is 1. The summed E-state index contributed by atoms with van der Waals surface area (Å²) in [6.45, 7) is 0.173. The van der Waals surface area contributed by atoms with Crippen LogP contribution < -0.4 is 5.32 Å². The van der Waals surface area contributed by atoms with Crippen LogP contribution in [0, 0.1) is 0 Å². The van der Waals surface area contributed by atoms with Crippen LogP contribution >= 0.6 is 38.6 Å². The molecule has 0 fully saturated rings. The first-order valence-corrected chi connectivity index (χ1v) is 8.96. The molecular weight excluding hydrogens is 386 g/mol. The Labute approximate surface area is 143 Å². The molecule has 3 aromatic rings. The number of hydrogen-bond acceptors (Lipinski definition) is 5. The number of rotatable bonds is 5. The van der Waals surface area contributed by atoms with Crippen molar-refractivity contribution >= 4 is 44.5 Å². The maximum atomic E-state index is 11.9. The van der Waals surface area contributed by atoms with Gasteiger partial charge in [-0.1, -0.05) is 0 Å². The first-order chi connectivity index (χ1) is 10.6. The Balaban J connectivity index is 1.60. The molecule has 0 saturated heterocycles. The molecule has 7 heteroatoms. The van der Waals surface area contributed by atoms with Gasteiger partial charge in [-0.05, 0) is 46.3 Å². The zero-order chi connectivity index (χ0) is 15.5. The molecular formula is C15H12BrNO3S2. The number of amides is 1. The van der Waals surface area contributed by atoms with Crippen molar-refractivity contribution in [1.29, 1.82) is 0 Å². The van der Waals surface area contributed by atoms with Crippen molar-refractivity contribution in [3.8, 4) is 10.6 Å². The molecule has 0 radical (unpaired) electrons. The highest BCUT2D eigenvalue weighted by atomic mass is 79.9. The molecule has 1 unspecified atom stereocenters. The summed E-state index contributed by atoms with van der Waals surface area (Å²) in [6, 6.07) is 9.21. The fraction of sp³-hybridized carbons (Fsp3) is 0.133. The Bertz CT molecular complexity index is 763. The Morgan fingerprint density at radius 1 is 1.41 bits per heavy atom. The third-order valence-electron chi connectivity index (χ3n) is 2.97. The molecule has 22 heavy (non-hydrogen) atoms. The molecule has 4 nitrogen and oxygen atoms in total. The van der Waals surface area contributed by atoms with E-state index in [1.165, 1.54) is 22.7 Å². The predicted molar refractivity (Wildman–Crippen MR) is 91.3 cm³/mol. The molecule has 3 rings (SSSR count). The number of nitrogens with one attached hydrogen (secondary N) is 1. The van der Waals surface area contributed by atoms with Gasteiger partial charge in [0.25, 0.3) is 5.91 Å². The Morgan fingerprint density at radius 2 is 2.27 bits per heavy atom. The second kappa shape index (κ2) is 6.78. The summed E-state index contributed by atoms with van der Waals surface area (Å²) in [4.78, 5) is 14.3. The fourth-order valence-electron chi connectivity index (χ4n) is 1.89. The first-order valence-electron chi connectivity index (χ1n) is 6.47. The van der Waals surface area contributed by atoms with E-state index >= 15 is 0 Å². The molecule has 1 atom stereocenters. The highest BCUT2D eigenvalue weighted by Crippen LogP contribution is 2.31. The number of thiophene rings is 2. The van der Waals surface area contributed by atoms with Crippen molar-refractivity contribution < 1.29 is 14.3 Å². The van der Waals surface area contributed by atoms with Crippen molar-refractivity contribution in [1.82, 2.24) is 5.32 Å². The molecule has 0 saturated carbocycles. The maximum absolute atomic E-state index is 11.9. The standard InChI is InChI=1S/C15H12BrNO3S2/c16-9-6-14(21-8-9)15(19)17-7-10(18)12-3-4-13(22-12)11-2-1-5-20-11/h1-6,8,10,18H,7H2,(H,17,19). The smallest absolute Gasteiger partial charge is 0.261 e. The van der Waals surface area contributed by atoms with Crippen LogP contribution in [0.4, 0.5) is 0 Å². The molecule has 0 bridgehead atoms. The van der Waals surface area contributed by atoms with Crippen LogP contribution in [0.2, 0.25) is 0 Å². The molecule has 3 heterocycles. The Hall–Kier alpha value is -1.41. The third-order valence-corrected chi connectivity index (χ3v) is 5.86. The van der Waals surface area contributed by atoms with E-state index in [2.05, 4.69) is 21.2 Å². The first kappa shape index (κ1) is 15.5. The lowest BCUT2D eigenvalue weighted by atomic mass is 10.2. The van der Waals surface area contributed by atoms with Crippen LogP contribution in [0.3, 0.4) is 0 Å². The molecule has 0 aromatic carbocycles. The highest BCUT2D eigenvalue weighted by molar-refractivity contribution is 9.10. The van der Waals surface area contributed by atoms with Gasteiger partial charge in [-0.3, -0.25) is 4.79 Å². The lowest BCUT2D eigenvalue weighted by Crippen LogP contribution is -2.27. The SMILES string of the molecule is O=C(NCC(O)c1ccc(-c2ccco2)s1)c1cc(Br)cs1. The quantitative estimate of drug-likeness (QED) is 0.674. The van der Waals surface area contributed by atoms with E-state index in [0.29, 0.717) is 4.88 Å². The summed E-state index contributed by atoms with van der Waals surface area (Å²) < 4.78 is 6.21. The highest BCUT2D eigenvalue weighted by Gasteiger charge is 2.15. The summed E-state index contributed by atoms with van der Waals surface area (Å²) in [5, 5.41) is 14.8. The van der Waals surface area contributed by atoms with Crippen molar-refractivity contribution in [2.75, 3.05) is 6.54 Å². The van der Waals surface area contributed by atoms with E-state index in [1.54, 1.807) is 12.3 Å². The normalized spacial score (nSPS) is 12.3. The molecule has 3 aromatic heterocycles.